The van der Waals surface area contributed by atoms with E-state index in [0.29, 0.717) is 21.5 Å². The fourth-order valence-corrected chi connectivity index (χ4v) is 4.75. The number of thiophene rings is 1. The molecule has 0 fully saturated rings. The third kappa shape index (κ3) is 3.16. The summed E-state index contributed by atoms with van der Waals surface area (Å²) in [4.78, 5) is 25.6. The molecule has 1 aliphatic carbocycles. The summed E-state index contributed by atoms with van der Waals surface area (Å²) in [5.41, 5.74) is 7.21. The van der Waals surface area contributed by atoms with E-state index in [1.165, 1.54) is 11.3 Å². The van der Waals surface area contributed by atoms with Crippen molar-refractivity contribution in [2.24, 2.45) is 11.7 Å². The van der Waals surface area contributed by atoms with Crippen LogP contribution in [0.5, 0.6) is 0 Å². The molecule has 0 saturated heterocycles. The second-order valence-corrected chi connectivity index (χ2v) is 7.87. The van der Waals surface area contributed by atoms with E-state index in [0.717, 1.165) is 29.7 Å². The van der Waals surface area contributed by atoms with Gasteiger partial charge in [0, 0.05) is 4.88 Å². The maximum Gasteiger partial charge on any atom is 0.257 e. The van der Waals surface area contributed by atoms with E-state index in [1.54, 1.807) is 18.2 Å². The molecule has 1 aromatic carbocycles. The molecule has 3 rings (SSSR count). The molecule has 1 atom stereocenters. The Balaban J connectivity index is 1.97. The minimum absolute atomic E-state index is 0.187. The van der Waals surface area contributed by atoms with Gasteiger partial charge in [-0.3, -0.25) is 9.59 Å². The molecule has 24 heavy (non-hydrogen) atoms. The molecule has 4 nitrogen and oxygen atoms in total. The van der Waals surface area contributed by atoms with Gasteiger partial charge in [-0.25, -0.2) is 0 Å². The topological polar surface area (TPSA) is 72.2 Å². The van der Waals surface area contributed by atoms with Gasteiger partial charge < -0.3 is 11.1 Å². The molecule has 1 heterocycles. The SMILES string of the molecule is CC1CCc2c(sc(NC(=O)c3cccc(Cl)c3Cl)c2C(N)=O)C1. The average Bonchev–Trinajstić information content (AvgIpc) is 2.86. The van der Waals surface area contributed by atoms with Crippen LogP contribution < -0.4 is 11.1 Å². The quantitative estimate of drug-likeness (QED) is 0.817. The number of nitrogens with two attached hydrogens (primary N) is 1. The summed E-state index contributed by atoms with van der Waals surface area (Å²) < 4.78 is 0. The third-order valence-corrected chi connectivity index (χ3v) is 6.17. The summed E-state index contributed by atoms with van der Waals surface area (Å²) in [6, 6.07) is 4.85. The summed E-state index contributed by atoms with van der Waals surface area (Å²) in [5, 5.41) is 3.76. The van der Waals surface area contributed by atoms with Crippen LogP contribution >= 0.6 is 34.5 Å². The number of amides is 2. The molecule has 0 saturated carbocycles. The van der Waals surface area contributed by atoms with E-state index >= 15 is 0 Å². The third-order valence-electron chi connectivity index (χ3n) is 4.18. The standard InChI is InChI=1S/C17H16Cl2N2O2S/c1-8-5-6-9-12(7-8)24-17(13(9)15(20)22)21-16(23)10-3-2-4-11(18)14(10)19/h2-4,8H,5-7H2,1H3,(H2,20,22)(H,21,23). The van der Waals surface area contributed by atoms with Crippen molar-refractivity contribution in [3.8, 4) is 0 Å². The van der Waals surface area contributed by atoms with Crippen LogP contribution in [-0.4, -0.2) is 11.8 Å². The Morgan fingerprint density at radius 1 is 1.33 bits per heavy atom. The van der Waals surface area contributed by atoms with Gasteiger partial charge in [-0.2, -0.15) is 0 Å². The minimum atomic E-state index is -0.519. The molecular formula is C17H16Cl2N2O2S. The Morgan fingerprint density at radius 3 is 2.79 bits per heavy atom. The van der Waals surface area contributed by atoms with Crippen molar-refractivity contribution < 1.29 is 9.59 Å². The summed E-state index contributed by atoms with van der Waals surface area (Å²) in [6.07, 6.45) is 2.71. The second-order valence-electron chi connectivity index (χ2n) is 5.98. The van der Waals surface area contributed by atoms with Crippen LogP contribution in [0.25, 0.3) is 0 Å². The minimum Gasteiger partial charge on any atom is -0.365 e. The Hall–Kier alpha value is -1.56. The molecule has 0 spiro atoms. The number of rotatable bonds is 3. The first-order valence-electron chi connectivity index (χ1n) is 7.58. The molecule has 0 aliphatic heterocycles. The van der Waals surface area contributed by atoms with Crippen molar-refractivity contribution in [1.29, 1.82) is 0 Å². The maximum absolute atomic E-state index is 12.5. The van der Waals surface area contributed by atoms with Gasteiger partial charge in [0.2, 0.25) is 0 Å². The van der Waals surface area contributed by atoms with Crippen molar-refractivity contribution in [2.75, 3.05) is 5.32 Å². The van der Waals surface area contributed by atoms with Gasteiger partial charge in [-0.15, -0.1) is 11.3 Å². The van der Waals surface area contributed by atoms with Crippen LogP contribution in [0, 0.1) is 5.92 Å². The highest BCUT2D eigenvalue weighted by Gasteiger charge is 2.27. The molecule has 1 unspecified atom stereocenters. The normalized spacial score (nSPS) is 16.5. The van der Waals surface area contributed by atoms with Crippen molar-refractivity contribution in [3.05, 3.63) is 49.8 Å². The van der Waals surface area contributed by atoms with Crippen LogP contribution in [0.2, 0.25) is 10.0 Å². The first-order valence-corrected chi connectivity index (χ1v) is 9.15. The highest BCUT2D eigenvalue weighted by Crippen LogP contribution is 2.39. The largest absolute Gasteiger partial charge is 0.365 e. The second kappa shape index (κ2) is 6.75. The van der Waals surface area contributed by atoms with Crippen LogP contribution in [0.3, 0.4) is 0 Å². The first kappa shape index (κ1) is 17.3. The van der Waals surface area contributed by atoms with Gasteiger partial charge in [0.05, 0.1) is 21.2 Å². The number of anilines is 1. The average molecular weight is 383 g/mol. The van der Waals surface area contributed by atoms with E-state index in [2.05, 4.69) is 12.2 Å². The lowest BCUT2D eigenvalue weighted by molar-refractivity contribution is 0.1000. The van der Waals surface area contributed by atoms with Crippen LogP contribution in [-0.2, 0) is 12.8 Å². The zero-order valence-electron chi connectivity index (χ0n) is 13.0. The molecule has 7 heteroatoms. The van der Waals surface area contributed by atoms with Crippen molar-refractivity contribution >= 4 is 51.4 Å². The maximum atomic E-state index is 12.5. The number of fused-ring (bicyclic) bond motifs is 1. The number of halogens is 2. The predicted molar refractivity (Wildman–Crippen MR) is 98.4 cm³/mol. The van der Waals surface area contributed by atoms with Gasteiger partial charge in [0.25, 0.3) is 11.8 Å². The molecule has 126 valence electrons. The van der Waals surface area contributed by atoms with E-state index in [9.17, 15) is 9.59 Å². The number of nitrogens with one attached hydrogen (secondary N) is 1. The van der Waals surface area contributed by atoms with E-state index < -0.39 is 11.8 Å². The van der Waals surface area contributed by atoms with Crippen molar-refractivity contribution in [3.63, 3.8) is 0 Å². The van der Waals surface area contributed by atoms with Gasteiger partial charge in [-0.1, -0.05) is 36.2 Å². The fraction of sp³-hybridized carbons (Fsp3) is 0.294. The summed E-state index contributed by atoms with van der Waals surface area (Å²) in [7, 11) is 0. The van der Waals surface area contributed by atoms with Gasteiger partial charge >= 0.3 is 0 Å². The Morgan fingerprint density at radius 2 is 2.08 bits per heavy atom. The molecule has 2 amide bonds. The highest BCUT2D eigenvalue weighted by atomic mass is 35.5. The first-order chi connectivity index (χ1) is 11.4. The van der Waals surface area contributed by atoms with Crippen molar-refractivity contribution in [1.82, 2.24) is 0 Å². The molecule has 0 radical (unpaired) electrons. The van der Waals surface area contributed by atoms with Gasteiger partial charge in [-0.05, 0) is 42.9 Å². The molecular weight excluding hydrogens is 367 g/mol. The number of hydrogen-bond donors (Lipinski definition) is 2. The molecule has 1 aliphatic rings. The molecule has 3 N–H and O–H groups in total. The lowest BCUT2D eigenvalue weighted by atomic mass is 9.88. The zero-order chi connectivity index (χ0) is 17.4. The number of hydrogen-bond acceptors (Lipinski definition) is 3. The summed E-state index contributed by atoms with van der Waals surface area (Å²) in [5.74, 6) is -0.367. The van der Waals surface area contributed by atoms with E-state index in [1.807, 2.05) is 0 Å². The van der Waals surface area contributed by atoms with Crippen LogP contribution in [0.1, 0.15) is 44.5 Å². The lowest BCUT2D eigenvalue weighted by Gasteiger charge is -2.18. The fourth-order valence-electron chi connectivity index (χ4n) is 2.95. The molecule has 0 bridgehead atoms. The lowest BCUT2D eigenvalue weighted by Crippen LogP contribution is -2.19. The number of carbonyl (C=O) groups is 2. The summed E-state index contributed by atoms with van der Waals surface area (Å²) in [6.45, 7) is 2.18. The van der Waals surface area contributed by atoms with E-state index in [-0.39, 0.29) is 10.6 Å². The smallest absolute Gasteiger partial charge is 0.257 e. The van der Waals surface area contributed by atoms with Crippen molar-refractivity contribution in [2.45, 2.75) is 26.2 Å². The molecule has 1 aromatic heterocycles. The van der Waals surface area contributed by atoms with E-state index in [4.69, 9.17) is 28.9 Å². The van der Waals surface area contributed by atoms with Gasteiger partial charge in [0.1, 0.15) is 5.00 Å². The van der Waals surface area contributed by atoms with Crippen LogP contribution in [0.15, 0.2) is 18.2 Å². The number of benzene rings is 1. The Kier molecular flexibility index (Phi) is 4.85. The zero-order valence-corrected chi connectivity index (χ0v) is 15.3. The van der Waals surface area contributed by atoms with Crippen LogP contribution in [0.4, 0.5) is 5.00 Å². The predicted octanol–water partition coefficient (Wildman–Crippen LogP) is 4.53. The monoisotopic (exact) mass is 382 g/mol. The number of carbonyl (C=O) groups excluding carboxylic acids is 2. The summed E-state index contributed by atoms with van der Waals surface area (Å²) >= 11 is 13.5. The molecule has 2 aromatic rings. The Bertz CT molecular complexity index is 832. The Labute approximate surface area is 153 Å². The highest BCUT2D eigenvalue weighted by molar-refractivity contribution is 7.17. The number of primary amides is 1. The van der Waals surface area contributed by atoms with Gasteiger partial charge in [0.15, 0.2) is 0 Å².